The Hall–Kier alpha value is -1.68. The molecule has 1 saturated heterocycles. The van der Waals surface area contributed by atoms with Gasteiger partial charge in [-0.05, 0) is 19.3 Å². The molecule has 4 nitrogen and oxygen atoms in total. The Morgan fingerprint density at radius 2 is 2.00 bits per heavy atom. The molecule has 1 amide bonds. The third kappa shape index (κ3) is 4.95. The lowest BCUT2D eigenvalue weighted by Gasteiger charge is -2.32. The number of piperidine rings is 1. The summed E-state index contributed by atoms with van der Waals surface area (Å²) in [5, 5.41) is 0. The van der Waals surface area contributed by atoms with Crippen LogP contribution in [-0.2, 0) is 9.53 Å². The second-order valence-electron chi connectivity index (χ2n) is 5.76. The molecule has 0 spiro atoms. The number of nitrogens with zero attached hydrogens (tertiary/aromatic N) is 1. The molecule has 0 N–H and O–H groups in total. The van der Waals surface area contributed by atoms with Crippen LogP contribution in [0, 0.1) is 0 Å². The van der Waals surface area contributed by atoms with E-state index in [4.69, 9.17) is 4.74 Å². The Morgan fingerprint density at radius 3 is 2.73 bits per heavy atom. The lowest BCUT2D eigenvalue weighted by atomic mass is 10.0. The molecule has 1 heterocycles. The summed E-state index contributed by atoms with van der Waals surface area (Å²) in [4.78, 5) is 26.2. The van der Waals surface area contributed by atoms with E-state index in [1.54, 1.807) is 12.1 Å². The first-order chi connectivity index (χ1) is 10.7. The quantitative estimate of drug-likeness (QED) is 0.727. The van der Waals surface area contributed by atoms with E-state index < -0.39 is 0 Å². The number of ether oxygens (including phenoxy) is 1. The van der Waals surface area contributed by atoms with E-state index in [1.165, 1.54) is 0 Å². The second kappa shape index (κ2) is 8.69. The number of benzene rings is 1. The summed E-state index contributed by atoms with van der Waals surface area (Å²) in [6.07, 6.45) is 3.71. The maximum Gasteiger partial charge on any atom is 0.223 e. The maximum absolute atomic E-state index is 12.3. The lowest BCUT2D eigenvalue weighted by molar-refractivity contribution is -0.135. The standard InChI is InChI=1S/C18H25NO3/c1-2-13-22-16-9-6-12-19(14-16)18(21)11-10-17(20)15-7-4-3-5-8-15/h3-5,7-8,16H,2,6,9-14H2,1H3. The van der Waals surface area contributed by atoms with Crippen molar-refractivity contribution in [3.63, 3.8) is 0 Å². The van der Waals surface area contributed by atoms with Crippen LogP contribution in [0.15, 0.2) is 30.3 Å². The van der Waals surface area contributed by atoms with E-state index >= 15 is 0 Å². The van der Waals surface area contributed by atoms with Gasteiger partial charge in [-0.1, -0.05) is 37.3 Å². The van der Waals surface area contributed by atoms with Gasteiger partial charge in [0.05, 0.1) is 6.10 Å². The highest BCUT2D eigenvalue weighted by Crippen LogP contribution is 2.15. The number of amides is 1. The average Bonchev–Trinajstić information content (AvgIpc) is 2.58. The molecule has 0 aliphatic carbocycles. The van der Waals surface area contributed by atoms with Gasteiger partial charge in [0.15, 0.2) is 5.78 Å². The number of likely N-dealkylation sites (tertiary alicyclic amines) is 1. The van der Waals surface area contributed by atoms with Crippen LogP contribution in [0.3, 0.4) is 0 Å². The molecular formula is C18H25NO3. The van der Waals surface area contributed by atoms with Crippen LogP contribution in [0.5, 0.6) is 0 Å². The fourth-order valence-electron chi connectivity index (χ4n) is 2.73. The molecule has 0 aromatic heterocycles. The molecule has 1 aromatic rings. The van der Waals surface area contributed by atoms with Crippen LogP contribution >= 0.6 is 0 Å². The highest BCUT2D eigenvalue weighted by atomic mass is 16.5. The number of Topliss-reactive ketones (excluding diaryl/α,β-unsaturated/α-hetero) is 1. The van der Waals surface area contributed by atoms with E-state index in [0.29, 0.717) is 12.1 Å². The van der Waals surface area contributed by atoms with Crippen LogP contribution in [0.1, 0.15) is 49.4 Å². The summed E-state index contributed by atoms with van der Waals surface area (Å²) in [5.41, 5.74) is 0.679. The van der Waals surface area contributed by atoms with Gasteiger partial charge in [-0.15, -0.1) is 0 Å². The van der Waals surface area contributed by atoms with E-state index in [9.17, 15) is 9.59 Å². The molecule has 0 radical (unpaired) electrons. The van der Waals surface area contributed by atoms with Gasteiger partial charge in [0.2, 0.25) is 5.91 Å². The SMILES string of the molecule is CCCOC1CCCN(C(=O)CCC(=O)c2ccccc2)C1. The van der Waals surface area contributed by atoms with Gasteiger partial charge in [0.25, 0.3) is 0 Å². The van der Waals surface area contributed by atoms with Gasteiger partial charge in [0.1, 0.15) is 0 Å². The van der Waals surface area contributed by atoms with Crippen LogP contribution in [0.25, 0.3) is 0 Å². The van der Waals surface area contributed by atoms with Crippen LogP contribution < -0.4 is 0 Å². The maximum atomic E-state index is 12.3. The van der Waals surface area contributed by atoms with Gasteiger partial charge in [0, 0.05) is 38.1 Å². The van der Waals surface area contributed by atoms with Crippen LogP contribution in [-0.4, -0.2) is 42.4 Å². The Labute approximate surface area is 132 Å². The van der Waals surface area contributed by atoms with E-state index in [0.717, 1.165) is 32.4 Å². The Balaban J connectivity index is 1.78. The molecule has 1 unspecified atom stereocenters. The van der Waals surface area contributed by atoms with Crippen molar-refractivity contribution < 1.29 is 14.3 Å². The molecule has 120 valence electrons. The van der Waals surface area contributed by atoms with Crippen molar-refractivity contribution in [3.05, 3.63) is 35.9 Å². The highest BCUT2D eigenvalue weighted by molar-refractivity contribution is 5.97. The van der Waals surface area contributed by atoms with E-state index in [-0.39, 0.29) is 30.6 Å². The molecule has 2 rings (SSSR count). The molecule has 1 aliphatic heterocycles. The summed E-state index contributed by atoms with van der Waals surface area (Å²) in [5.74, 6) is 0.0961. The molecule has 0 saturated carbocycles. The number of ketones is 1. The topological polar surface area (TPSA) is 46.6 Å². The predicted octanol–water partition coefficient (Wildman–Crippen LogP) is 3.07. The van der Waals surface area contributed by atoms with Crippen molar-refractivity contribution in [1.82, 2.24) is 4.90 Å². The number of carbonyl (C=O) groups excluding carboxylic acids is 2. The molecule has 0 bridgehead atoms. The van der Waals surface area contributed by atoms with Crippen molar-refractivity contribution >= 4 is 11.7 Å². The first kappa shape index (κ1) is 16.7. The molecule has 1 aromatic carbocycles. The molecule has 4 heteroatoms. The summed E-state index contributed by atoms with van der Waals surface area (Å²) >= 11 is 0. The zero-order chi connectivity index (χ0) is 15.8. The normalized spacial score (nSPS) is 18.2. The van der Waals surface area contributed by atoms with Gasteiger partial charge in [-0.3, -0.25) is 9.59 Å². The predicted molar refractivity (Wildman–Crippen MR) is 85.9 cm³/mol. The smallest absolute Gasteiger partial charge is 0.223 e. The van der Waals surface area contributed by atoms with Crippen LogP contribution in [0.2, 0.25) is 0 Å². The summed E-state index contributed by atoms with van der Waals surface area (Å²) in [6.45, 7) is 4.28. The fourth-order valence-corrected chi connectivity index (χ4v) is 2.73. The number of rotatable bonds is 7. The Bertz CT molecular complexity index is 486. The minimum absolute atomic E-state index is 0.0322. The zero-order valence-corrected chi connectivity index (χ0v) is 13.3. The first-order valence-electron chi connectivity index (χ1n) is 8.18. The monoisotopic (exact) mass is 303 g/mol. The molecule has 1 atom stereocenters. The van der Waals surface area contributed by atoms with Crippen molar-refractivity contribution in [1.29, 1.82) is 0 Å². The summed E-state index contributed by atoms with van der Waals surface area (Å²) < 4.78 is 5.75. The Kier molecular flexibility index (Phi) is 6.59. The van der Waals surface area contributed by atoms with Gasteiger partial charge in [-0.2, -0.15) is 0 Å². The lowest BCUT2D eigenvalue weighted by Crippen LogP contribution is -2.43. The van der Waals surface area contributed by atoms with Crippen molar-refractivity contribution in [3.8, 4) is 0 Å². The van der Waals surface area contributed by atoms with E-state index in [2.05, 4.69) is 6.92 Å². The largest absolute Gasteiger partial charge is 0.376 e. The Morgan fingerprint density at radius 1 is 1.23 bits per heavy atom. The van der Waals surface area contributed by atoms with Crippen molar-refractivity contribution in [2.45, 2.75) is 45.1 Å². The highest BCUT2D eigenvalue weighted by Gasteiger charge is 2.24. The number of hydrogen-bond acceptors (Lipinski definition) is 3. The third-order valence-electron chi connectivity index (χ3n) is 3.95. The molecular weight excluding hydrogens is 278 g/mol. The van der Waals surface area contributed by atoms with Gasteiger partial charge >= 0.3 is 0 Å². The fraction of sp³-hybridized carbons (Fsp3) is 0.556. The summed E-state index contributed by atoms with van der Waals surface area (Å²) in [7, 11) is 0. The molecule has 1 fully saturated rings. The first-order valence-corrected chi connectivity index (χ1v) is 8.18. The van der Waals surface area contributed by atoms with Crippen molar-refractivity contribution in [2.75, 3.05) is 19.7 Å². The zero-order valence-electron chi connectivity index (χ0n) is 13.3. The minimum atomic E-state index is 0.0322. The van der Waals surface area contributed by atoms with Gasteiger partial charge in [-0.25, -0.2) is 0 Å². The minimum Gasteiger partial charge on any atom is -0.376 e. The molecule has 1 aliphatic rings. The van der Waals surface area contributed by atoms with E-state index in [1.807, 2.05) is 23.1 Å². The molecule has 22 heavy (non-hydrogen) atoms. The summed E-state index contributed by atoms with van der Waals surface area (Å²) in [6, 6.07) is 9.15. The van der Waals surface area contributed by atoms with Gasteiger partial charge < -0.3 is 9.64 Å². The number of hydrogen-bond donors (Lipinski definition) is 0. The van der Waals surface area contributed by atoms with Crippen LogP contribution in [0.4, 0.5) is 0 Å². The van der Waals surface area contributed by atoms with Crippen molar-refractivity contribution in [2.24, 2.45) is 0 Å². The average molecular weight is 303 g/mol. The second-order valence-corrected chi connectivity index (χ2v) is 5.76. The third-order valence-corrected chi connectivity index (χ3v) is 3.95. The number of carbonyl (C=O) groups is 2.